The highest BCUT2D eigenvalue weighted by atomic mass is 32.2. The number of nitrogens with one attached hydrogen (secondary N) is 1. The molecule has 0 saturated heterocycles. The lowest BCUT2D eigenvalue weighted by Gasteiger charge is -2.15. The molecule has 0 heterocycles. The summed E-state index contributed by atoms with van der Waals surface area (Å²) in [6.45, 7) is 8.49. The molecule has 0 radical (unpaired) electrons. The SMILES string of the molecule is Cc1cc(C)c(S(=O)(=O)NCCCOC(C)c2ccccc2)c(C)c1. The van der Waals surface area contributed by atoms with Crippen LogP contribution in [0.1, 0.15) is 41.7 Å². The van der Waals surface area contributed by atoms with Crippen LogP contribution in [0.25, 0.3) is 0 Å². The van der Waals surface area contributed by atoms with E-state index in [1.54, 1.807) is 0 Å². The van der Waals surface area contributed by atoms with Gasteiger partial charge in [0, 0.05) is 13.2 Å². The smallest absolute Gasteiger partial charge is 0.241 e. The summed E-state index contributed by atoms with van der Waals surface area (Å²) in [5, 5.41) is 0. The summed E-state index contributed by atoms with van der Waals surface area (Å²) in [6, 6.07) is 13.8. The largest absolute Gasteiger partial charge is 0.374 e. The van der Waals surface area contributed by atoms with Crippen molar-refractivity contribution in [3.8, 4) is 0 Å². The zero-order chi connectivity index (χ0) is 18.4. The Bertz CT molecular complexity index is 778. The van der Waals surface area contributed by atoms with Gasteiger partial charge >= 0.3 is 0 Å². The summed E-state index contributed by atoms with van der Waals surface area (Å²) in [6.07, 6.45) is 0.625. The molecule has 1 unspecified atom stereocenters. The van der Waals surface area contributed by atoms with Crippen molar-refractivity contribution in [2.45, 2.75) is 45.1 Å². The minimum absolute atomic E-state index is 0.000561. The van der Waals surface area contributed by atoms with Gasteiger partial charge in [-0.1, -0.05) is 48.0 Å². The molecule has 2 aromatic rings. The maximum absolute atomic E-state index is 12.6. The number of sulfonamides is 1. The van der Waals surface area contributed by atoms with Gasteiger partial charge in [0.1, 0.15) is 0 Å². The number of rotatable bonds is 8. The van der Waals surface area contributed by atoms with Crippen molar-refractivity contribution in [2.75, 3.05) is 13.2 Å². The Balaban J connectivity index is 1.85. The van der Waals surface area contributed by atoms with Crippen molar-refractivity contribution < 1.29 is 13.2 Å². The zero-order valence-electron chi connectivity index (χ0n) is 15.4. The van der Waals surface area contributed by atoms with Crippen LogP contribution in [0.2, 0.25) is 0 Å². The quantitative estimate of drug-likeness (QED) is 0.722. The van der Waals surface area contributed by atoms with E-state index in [2.05, 4.69) is 4.72 Å². The molecule has 2 aromatic carbocycles. The third-order valence-corrected chi connectivity index (χ3v) is 5.89. The lowest BCUT2D eigenvalue weighted by atomic mass is 10.1. The van der Waals surface area contributed by atoms with E-state index >= 15 is 0 Å². The molecule has 4 nitrogen and oxygen atoms in total. The molecular weight excluding hydrogens is 334 g/mol. The predicted octanol–water partition coefficient (Wildman–Crippen LogP) is 4.06. The van der Waals surface area contributed by atoms with E-state index < -0.39 is 10.0 Å². The minimum atomic E-state index is -3.50. The van der Waals surface area contributed by atoms with Crippen LogP contribution in [0.5, 0.6) is 0 Å². The molecule has 25 heavy (non-hydrogen) atoms. The molecule has 0 aromatic heterocycles. The molecule has 0 aliphatic rings. The number of aryl methyl sites for hydroxylation is 3. The van der Waals surface area contributed by atoms with Crippen LogP contribution in [0.3, 0.4) is 0 Å². The average molecular weight is 362 g/mol. The lowest BCUT2D eigenvalue weighted by molar-refractivity contribution is 0.0647. The first-order valence-electron chi connectivity index (χ1n) is 8.55. The molecule has 1 atom stereocenters. The minimum Gasteiger partial charge on any atom is -0.374 e. The van der Waals surface area contributed by atoms with Crippen molar-refractivity contribution in [2.24, 2.45) is 0 Å². The van der Waals surface area contributed by atoms with Gasteiger partial charge in [-0.15, -0.1) is 0 Å². The zero-order valence-corrected chi connectivity index (χ0v) is 16.2. The molecular formula is C20H27NO3S. The lowest BCUT2D eigenvalue weighted by Crippen LogP contribution is -2.27. The van der Waals surface area contributed by atoms with Crippen LogP contribution in [-0.2, 0) is 14.8 Å². The standard InChI is InChI=1S/C20H27NO3S/c1-15-13-16(2)20(17(3)14-15)25(22,23)21-11-8-12-24-18(4)19-9-6-5-7-10-19/h5-7,9-10,13-14,18,21H,8,11-12H2,1-4H3. The third-order valence-electron chi connectivity index (χ3n) is 4.12. The summed E-state index contributed by atoms with van der Waals surface area (Å²) in [5.41, 5.74) is 3.74. The fourth-order valence-corrected chi connectivity index (χ4v) is 4.54. The van der Waals surface area contributed by atoms with Gasteiger partial charge in [0.25, 0.3) is 0 Å². The van der Waals surface area contributed by atoms with Crippen LogP contribution in [0.15, 0.2) is 47.4 Å². The summed E-state index contributed by atoms with van der Waals surface area (Å²) >= 11 is 0. The van der Waals surface area contributed by atoms with Crippen LogP contribution in [0, 0.1) is 20.8 Å². The Morgan fingerprint density at radius 3 is 2.24 bits per heavy atom. The predicted molar refractivity (Wildman–Crippen MR) is 101 cm³/mol. The Hall–Kier alpha value is -1.69. The van der Waals surface area contributed by atoms with Crippen molar-refractivity contribution in [1.82, 2.24) is 4.72 Å². The Morgan fingerprint density at radius 1 is 1.04 bits per heavy atom. The normalized spacial score (nSPS) is 13.0. The fraction of sp³-hybridized carbons (Fsp3) is 0.400. The fourth-order valence-electron chi connectivity index (χ4n) is 3.02. The highest BCUT2D eigenvalue weighted by molar-refractivity contribution is 7.89. The first-order valence-corrected chi connectivity index (χ1v) is 10.0. The number of benzene rings is 2. The summed E-state index contributed by atoms with van der Waals surface area (Å²) in [5.74, 6) is 0. The van der Waals surface area contributed by atoms with Crippen molar-refractivity contribution in [1.29, 1.82) is 0 Å². The van der Waals surface area contributed by atoms with Gasteiger partial charge in [0.05, 0.1) is 11.0 Å². The molecule has 136 valence electrons. The molecule has 1 N–H and O–H groups in total. The van der Waals surface area contributed by atoms with Crippen LogP contribution in [0.4, 0.5) is 0 Å². The molecule has 0 aliphatic carbocycles. The highest BCUT2D eigenvalue weighted by Crippen LogP contribution is 2.21. The van der Waals surface area contributed by atoms with Gasteiger partial charge in [-0.25, -0.2) is 13.1 Å². The molecule has 0 aliphatic heterocycles. The Labute approximate surface area is 151 Å². The molecule has 0 fully saturated rings. The molecule has 0 bridgehead atoms. The van der Waals surface area contributed by atoms with Crippen molar-refractivity contribution in [3.63, 3.8) is 0 Å². The van der Waals surface area contributed by atoms with Gasteiger partial charge in [0.15, 0.2) is 0 Å². The van der Waals surface area contributed by atoms with Gasteiger partial charge in [0.2, 0.25) is 10.0 Å². The first kappa shape index (κ1) is 19.6. The van der Waals surface area contributed by atoms with Gasteiger partial charge in [-0.2, -0.15) is 0 Å². The van der Waals surface area contributed by atoms with E-state index in [-0.39, 0.29) is 6.10 Å². The van der Waals surface area contributed by atoms with E-state index in [1.165, 1.54) is 0 Å². The Morgan fingerprint density at radius 2 is 1.64 bits per heavy atom. The average Bonchev–Trinajstić information content (AvgIpc) is 2.53. The van der Waals surface area contributed by atoms with Crippen LogP contribution < -0.4 is 4.72 Å². The molecule has 0 amide bonds. The first-order chi connectivity index (χ1) is 11.8. The van der Waals surface area contributed by atoms with E-state index in [1.807, 2.05) is 70.2 Å². The van der Waals surface area contributed by atoms with Gasteiger partial charge < -0.3 is 4.74 Å². The maximum atomic E-state index is 12.6. The van der Waals surface area contributed by atoms with Crippen molar-refractivity contribution >= 4 is 10.0 Å². The molecule has 0 saturated carbocycles. The van der Waals surface area contributed by atoms with E-state index in [9.17, 15) is 8.42 Å². The van der Waals surface area contributed by atoms with E-state index in [0.29, 0.717) is 24.5 Å². The number of hydrogen-bond donors (Lipinski definition) is 1. The summed E-state index contributed by atoms with van der Waals surface area (Å²) < 4.78 is 33.6. The second-order valence-electron chi connectivity index (χ2n) is 6.40. The van der Waals surface area contributed by atoms with Crippen LogP contribution >= 0.6 is 0 Å². The topological polar surface area (TPSA) is 55.4 Å². The second kappa shape index (κ2) is 8.61. The number of ether oxygens (including phenoxy) is 1. The third kappa shape index (κ3) is 5.39. The maximum Gasteiger partial charge on any atom is 0.241 e. The van der Waals surface area contributed by atoms with Crippen molar-refractivity contribution in [3.05, 3.63) is 64.7 Å². The number of hydrogen-bond acceptors (Lipinski definition) is 3. The molecule has 5 heteroatoms. The van der Waals surface area contributed by atoms with E-state index in [0.717, 1.165) is 22.3 Å². The molecule has 0 spiro atoms. The van der Waals surface area contributed by atoms with E-state index in [4.69, 9.17) is 4.74 Å². The molecule has 2 rings (SSSR count). The Kier molecular flexibility index (Phi) is 6.76. The summed E-state index contributed by atoms with van der Waals surface area (Å²) in [4.78, 5) is 0.386. The summed E-state index contributed by atoms with van der Waals surface area (Å²) in [7, 11) is -3.50. The highest BCUT2D eigenvalue weighted by Gasteiger charge is 2.19. The monoisotopic (exact) mass is 361 g/mol. The van der Waals surface area contributed by atoms with Crippen LogP contribution in [-0.4, -0.2) is 21.6 Å². The van der Waals surface area contributed by atoms with Gasteiger partial charge in [-0.3, -0.25) is 0 Å². The second-order valence-corrected chi connectivity index (χ2v) is 8.11. The van der Waals surface area contributed by atoms with Gasteiger partial charge in [-0.05, 0) is 50.8 Å².